The van der Waals surface area contributed by atoms with Crippen LogP contribution in [0.25, 0.3) is 0 Å². The smallest absolute Gasteiger partial charge is 0.325 e. The summed E-state index contributed by atoms with van der Waals surface area (Å²) >= 11 is 0. The molecule has 3 aliphatic rings. The van der Waals surface area contributed by atoms with Gasteiger partial charge in [0.1, 0.15) is 11.3 Å². The van der Waals surface area contributed by atoms with Crippen LogP contribution in [-0.4, -0.2) is 70.7 Å². The largest absolute Gasteiger partial charge is 0.376 e. The number of nitrogens with zero attached hydrogens (tertiary/aromatic N) is 3. The zero-order chi connectivity index (χ0) is 22.9. The van der Waals surface area contributed by atoms with Gasteiger partial charge < -0.3 is 19.5 Å². The summed E-state index contributed by atoms with van der Waals surface area (Å²) in [5, 5.41) is 7.00. The molecule has 0 aliphatic carbocycles. The van der Waals surface area contributed by atoms with Crippen molar-refractivity contribution in [2.24, 2.45) is 5.92 Å². The molecule has 9 nitrogen and oxygen atoms in total. The maximum atomic E-state index is 13.5. The fraction of sp³-hybridized carbons (Fsp3) is 0.739. The van der Waals surface area contributed by atoms with E-state index in [1.807, 2.05) is 25.7 Å². The second-order valence-corrected chi connectivity index (χ2v) is 9.34. The number of likely N-dealkylation sites (tertiary alicyclic amines) is 1. The lowest BCUT2D eigenvalue weighted by atomic mass is 9.74. The van der Waals surface area contributed by atoms with Gasteiger partial charge in [-0.1, -0.05) is 18.5 Å². The summed E-state index contributed by atoms with van der Waals surface area (Å²) in [5.41, 5.74) is 0.724. The molecule has 1 aromatic rings. The third-order valence-corrected chi connectivity index (χ3v) is 7.31. The Balaban J connectivity index is 1.41. The summed E-state index contributed by atoms with van der Waals surface area (Å²) in [5.74, 6) is 0.610. The highest BCUT2D eigenvalue weighted by Crippen LogP contribution is 2.37. The summed E-state index contributed by atoms with van der Waals surface area (Å²) in [4.78, 5) is 42.4. The SMILES string of the molecule is CCC[C@@]1(C2CCN(C(=O)Cc3c(C)noc3C)CC2)NC(=O)N(C[C@@H]2CCCO2)C1=O. The van der Waals surface area contributed by atoms with Crippen LogP contribution in [0.3, 0.4) is 0 Å². The lowest BCUT2D eigenvalue weighted by Crippen LogP contribution is -2.56. The summed E-state index contributed by atoms with van der Waals surface area (Å²) in [6.07, 6.45) is 4.84. The highest BCUT2D eigenvalue weighted by atomic mass is 16.5. The molecule has 0 aromatic carbocycles. The van der Waals surface area contributed by atoms with Crippen LogP contribution in [0.15, 0.2) is 4.52 Å². The first-order valence-electron chi connectivity index (χ1n) is 11.8. The maximum absolute atomic E-state index is 13.5. The number of imide groups is 1. The van der Waals surface area contributed by atoms with Crippen molar-refractivity contribution in [3.63, 3.8) is 0 Å². The van der Waals surface area contributed by atoms with E-state index in [0.717, 1.165) is 30.5 Å². The molecule has 9 heteroatoms. The first-order valence-corrected chi connectivity index (χ1v) is 11.8. The van der Waals surface area contributed by atoms with Crippen molar-refractivity contribution in [1.29, 1.82) is 0 Å². The van der Waals surface area contributed by atoms with Crippen molar-refractivity contribution < 1.29 is 23.6 Å². The number of aromatic nitrogens is 1. The molecule has 0 bridgehead atoms. The first-order chi connectivity index (χ1) is 15.4. The van der Waals surface area contributed by atoms with Gasteiger partial charge in [0.15, 0.2) is 0 Å². The number of carbonyl (C=O) groups is 3. The number of amides is 4. The van der Waals surface area contributed by atoms with Gasteiger partial charge >= 0.3 is 6.03 Å². The fourth-order valence-electron chi connectivity index (χ4n) is 5.49. The van der Waals surface area contributed by atoms with E-state index in [1.165, 1.54) is 4.90 Å². The summed E-state index contributed by atoms with van der Waals surface area (Å²) in [6.45, 7) is 7.86. The minimum absolute atomic E-state index is 0.0107. The lowest BCUT2D eigenvalue weighted by molar-refractivity contribution is -0.136. The number of nitrogens with one attached hydrogen (secondary N) is 1. The minimum atomic E-state index is -0.874. The second kappa shape index (κ2) is 9.21. The molecule has 0 saturated carbocycles. The molecule has 3 saturated heterocycles. The quantitative estimate of drug-likeness (QED) is 0.645. The van der Waals surface area contributed by atoms with Gasteiger partial charge in [-0.05, 0) is 51.9 Å². The highest BCUT2D eigenvalue weighted by Gasteiger charge is 2.55. The van der Waals surface area contributed by atoms with Crippen LogP contribution < -0.4 is 5.32 Å². The summed E-state index contributed by atoms with van der Waals surface area (Å²) in [6, 6.07) is -0.309. The molecule has 0 radical (unpaired) electrons. The molecular formula is C23H34N4O5. The van der Waals surface area contributed by atoms with Crippen molar-refractivity contribution in [1.82, 2.24) is 20.3 Å². The van der Waals surface area contributed by atoms with Gasteiger partial charge in [0.2, 0.25) is 5.91 Å². The molecule has 1 N–H and O–H groups in total. The Morgan fingerprint density at radius 1 is 1.22 bits per heavy atom. The molecule has 4 heterocycles. The predicted molar refractivity (Wildman–Crippen MR) is 116 cm³/mol. The Morgan fingerprint density at radius 3 is 2.56 bits per heavy atom. The van der Waals surface area contributed by atoms with Crippen molar-refractivity contribution >= 4 is 17.8 Å². The molecule has 0 unspecified atom stereocenters. The van der Waals surface area contributed by atoms with Crippen LogP contribution in [0.4, 0.5) is 4.79 Å². The molecule has 176 valence electrons. The Labute approximate surface area is 188 Å². The molecule has 3 aliphatic heterocycles. The molecule has 1 aromatic heterocycles. The number of piperidine rings is 1. The van der Waals surface area contributed by atoms with Crippen LogP contribution in [0.2, 0.25) is 0 Å². The van der Waals surface area contributed by atoms with Gasteiger partial charge in [-0.15, -0.1) is 0 Å². The van der Waals surface area contributed by atoms with Crippen molar-refractivity contribution in [2.75, 3.05) is 26.2 Å². The average molecular weight is 447 g/mol. The topological polar surface area (TPSA) is 105 Å². The fourth-order valence-corrected chi connectivity index (χ4v) is 5.49. The van der Waals surface area contributed by atoms with Crippen LogP contribution in [-0.2, 0) is 20.7 Å². The Hall–Kier alpha value is -2.42. The van der Waals surface area contributed by atoms with Gasteiger partial charge in [-0.2, -0.15) is 0 Å². The maximum Gasteiger partial charge on any atom is 0.325 e. The molecule has 4 amide bonds. The van der Waals surface area contributed by atoms with E-state index in [9.17, 15) is 14.4 Å². The van der Waals surface area contributed by atoms with Crippen LogP contribution in [0, 0.1) is 19.8 Å². The van der Waals surface area contributed by atoms with Crippen LogP contribution >= 0.6 is 0 Å². The Morgan fingerprint density at radius 2 is 1.97 bits per heavy atom. The van der Waals surface area contributed by atoms with Crippen LogP contribution in [0.1, 0.15) is 62.5 Å². The van der Waals surface area contributed by atoms with E-state index in [1.54, 1.807) is 0 Å². The molecule has 32 heavy (non-hydrogen) atoms. The van der Waals surface area contributed by atoms with Crippen molar-refractivity contribution in [3.05, 3.63) is 17.0 Å². The van der Waals surface area contributed by atoms with E-state index in [4.69, 9.17) is 9.26 Å². The molecule has 3 fully saturated rings. The number of hydrogen-bond acceptors (Lipinski definition) is 6. The monoisotopic (exact) mass is 446 g/mol. The molecular weight excluding hydrogens is 412 g/mol. The van der Waals surface area contributed by atoms with Crippen molar-refractivity contribution in [3.8, 4) is 0 Å². The van der Waals surface area contributed by atoms with Crippen LogP contribution in [0.5, 0.6) is 0 Å². The second-order valence-electron chi connectivity index (χ2n) is 9.34. The predicted octanol–water partition coefficient (Wildman–Crippen LogP) is 2.34. The van der Waals surface area contributed by atoms with Gasteiger partial charge in [0, 0.05) is 25.3 Å². The van der Waals surface area contributed by atoms with E-state index in [2.05, 4.69) is 10.5 Å². The van der Waals surface area contributed by atoms with Gasteiger partial charge in [-0.3, -0.25) is 14.5 Å². The Bertz CT molecular complexity index is 850. The molecule has 0 spiro atoms. The molecule has 4 rings (SSSR count). The number of rotatable bonds is 7. The highest BCUT2D eigenvalue weighted by molar-refractivity contribution is 6.07. The van der Waals surface area contributed by atoms with Gasteiger partial charge in [0.25, 0.3) is 5.91 Å². The van der Waals surface area contributed by atoms with Crippen molar-refractivity contribution in [2.45, 2.75) is 77.4 Å². The zero-order valence-electron chi connectivity index (χ0n) is 19.3. The number of urea groups is 1. The number of ether oxygens (including phenoxy) is 1. The standard InChI is InChI=1S/C23H34N4O5/c1-4-9-23(21(29)27(22(30)24-23)14-18-6-5-12-31-18)17-7-10-26(11-8-17)20(28)13-19-15(2)25-32-16(19)3/h17-18H,4-14H2,1-3H3,(H,24,30)/t18-,23-/m0/s1. The average Bonchev–Trinajstić information content (AvgIpc) is 3.47. The van der Waals surface area contributed by atoms with Gasteiger partial charge in [-0.25, -0.2) is 4.79 Å². The van der Waals surface area contributed by atoms with Gasteiger partial charge in [0.05, 0.1) is 24.8 Å². The third-order valence-electron chi connectivity index (χ3n) is 7.31. The van der Waals surface area contributed by atoms with E-state index in [-0.39, 0.29) is 36.3 Å². The number of aryl methyl sites for hydroxylation is 2. The minimum Gasteiger partial charge on any atom is -0.376 e. The first kappa shape index (κ1) is 22.8. The zero-order valence-corrected chi connectivity index (χ0v) is 19.3. The normalized spacial score (nSPS) is 26.8. The molecule has 2 atom stereocenters. The number of carbonyl (C=O) groups excluding carboxylic acids is 3. The lowest BCUT2D eigenvalue weighted by Gasteiger charge is -2.41. The Kier molecular flexibility index (Phi) is 6.55. The third kappa shape index (κ3) is 4.14. The van der Waals surface area contributed by atoms with E-state index in [0.29, 0.717) is 51.3 Å². The number of hydrogen-bond donors (Lipinski definition) is 1. The van der Waals surface area contributed by atoms with E-state index >= 15 is 0 Å². The summed E-state index contributed by atoms with van der Waals surface area (Å²) < 4.78 is 10.8. The summed E-state index contributed by atoms with van der Waals surface area (Å²) in [7, 11) is 0. The van der Waals surface area contributed by atoms with E-state index < -0.39 is 5.54 Å².